The van der Waals surface area contributed by atoms with Crippen molar-refractivity contribution in [2.45, 2.75) is 46.1 Å². The van der Waals surface area contributed by atoms with Gasteiger partial charge in [0.1, 0.15) is 6.04 Å². The number of aromatic nitrogens is 1. The maximum atomic E-state index is 13.4. The molecule has 5 nitrogen and oxygen atoms in total. The first-order valence-corrected chi connectivity index (χ1v) is 9.37. The molecule has 2 heterocycles. The first-order chi connectivity index (χ1) is 12.4. The summed E-state index contributed by atoms with van der Waals surface area (Å²) in [6, 6.07) is 7.39. The highest BCUT2D eigenvalue weighted by Crippen LogP contribution is 2.25. The van der Waals surface area contributed by atoms with Crippen LogP contribution in [-0.2, 0) is 4.79 Å². The fourth-order valence-electron chi connectivity index (χ4n) is 3.68. The van der Waals surface area contributed by atoms with E-state index in [2.05, 4.69) is 11.9 Å². The number of pyridine rings is 1. The molecule has 3 rings (SSSR count). The summed E-state index contributed by atoms with van der Waals surface area (Å²) < 4.78 is 0. The number of amides is 2. The van der Waals surface area contributed by atoms with Gasteiger partial charge >= 0.3 is 0 Å². The number of fused-ring (bicyclic) bond motifs is 1. The lowest BCUT2D eigenvalue weighted by atomic mass is 10.00. The topological polar surface area (TPSA) is 53.5 Å². The maximum Gasteiger partial charge on any atom is 0.255 e. The SMILES string of the molecule is CCCC[C@@H]1C(=O)N(C)CCN1C(=O)c1cc(C)nc2c(C)cccc12. The Balaban J connectivity index is 2.03. The van der Waals surface area contributed by atoms with Crippen molar-refractivity contribution in [3.63, 3.8) is 0 Å². The number of hydrogen-bond acceptors (Lipinski definition) is 3. The summed E-state index contributed by atoms with van der Waals surface area (Å²) in [5, 5.41) is 0.862. The zero-order valence-corrected chi connectivity index (χ0v) is 16.1. The highest BCUT2D eigenvalue weighted by molar-refractivity contribution is 6.08. The lowest BCUT2D eigenvalue weighted by molar-refractivity contribution is -0.138. The van der Waals surface area contributed by atoms with E-state index in [9.17, 15) is 9.59 Å². The molecule has 0 bridgehead atoms. The number of piperazine rings is 1. The van der Waals surface area contributed by atoms with Crippen molar-refractivity contribution in [1.29, 1.82) is 0 Å². The van der Waals surface area contributed by atoms with Crippen LogP contribution in [0.3, 0.4) is 0 Å². The van der Waals surface area contributed by atoms with E-state index in [1.807, 2.05) is 45.2 Å². The molecule has 5 heteroatoms. The molecular formula is C21H27N3O2. The third-order valence-corrected chi connectivity index (χ3v) is 5.21. The molecule has 1 atom stereocenters. The van der Waals surface area contributed by atoms with E-state index in [0.717, 1.165) is 35.0 Å². The Kier molecular flexibility index (Phi) is 5.25. The van der Waals surface area contributed by atoms with Crippen LogP contribution in [0.5, 0.6) is 0 Å². The minimum absolute atomic E-state index is 0.0457. The molecular weight excluding hydrogens is 326 g/mol. The van der Waals surface area contributed by atoms with Gasteiger partial charge in [-0.05, 0) is 31.9 Å². The Hall–Kier alpha value is -2.43. The number of carbonyl (C=O) groups excluding carboxylic acids is 2. The normalized spacial score (nSPS) is 17.8. The molecule has 138 valence electrons. The lowest BCUT2D eigenvalue weighted by Gasteiger charge is -2.39. The first kappa shape index (κ1) is 18.4. The van der Waals surface area contributed by atoms with Crippen LogP contribution in [0.15, 0.2) is 24.3 Å². The van der Waals surface area contributed by atoms with E-state index in [-0.39, 0.29) is 17.9 Å². The fraction of sp³-hybridized carbons (Fsp3) is 0.476. The largest absolute Gasteiger partial charge is 0.342 e. The van der Waals surface area contributed by atoms with Crippen molar-refractivity contribution in [3.8, 4) is 0 Å². The van der Waals surface area contributed by atoms with E-state index < -0.39 is 0 Å². The molecule has 0 aliphatic carbocycles. The van der Waals surface area contributed by atoms with Crippen LogP contribution >= 0.6 is 0 Å². The monoisotopic (exact) mass is 353 g/mol. The fourth-order valence-corrected chi connectivity index (χ4v) is 3.68. The van der Waals surface area contributed by atoms with Gasteiger partial charge in [0.05, 0.1) is 11.1 Å². The zero-order valence-electron chi connectivity index (χ0n) is 16.1. The first-order valence-electron chi connectivity index (χ1n) is 9.37. The zero-order chi connectivity index (χ0) is 18.8. The van der Waals surface area contributed by atoms with Gasteiger partial charge in [0.15, 0.2) is 0 Å². The number of aryl methyl sites for hydroxylation is 2. The number of unbranched alkanes of at least 4 members (excludes halogenated alkanes) is 1. The molecule has 1 aliphatic rings. The Morgan fingerprint density at radius 2 is 2.04 bits per heavy atom. The Bertz CT molecular complexity index is 847. The molecule has 1 aromatic heterocycles. The quantitative estimate of drug-likeness (QED) is 0.847. The van der Waals surface area contributed by atoms with Gasteiger partial charge in [-0.25, -0.2) is 0 Å². The molecule has 0 radical (unpaired) electrons. The maximum absolute atomic E-state index is 13.4. The van der Waals surface area contributed by atoms with Gasteiger partial charge in [-0.15, -0.1) is 0 Å². The molecule has 0 spiro atoms. The van der Waals surface area contributed by atoms with Crippen LogP contribution in [0.1, 0.15) is 47.8 Å². The van der Waals surface area contributed by atoms with Gasteiger partial charge < -0.3 is 9.80 Å². The summed E-state index contributed by atoms with van der Waals surface area (Å²) in [6.45, 7) is 7.17. The summed E-state index contributed by atoms with van der Waals surface area (Å²) in [5.41, 5.74) is 3.38. The minimum Gasteiger partial charge on any atom is -0.342 e. The highest BCUT2D eigenvalue weighted by atomic mass is 16.2. The summed E-state index contributed by atoms with van der Waals surface area (Å²) >= 11 is 0. The van der Waals surface area contributed by atoms with Crippen molar-refractivity contribution in [3.05, 3.63) is 41.1 Å². The number of carbonyl (C=O) groups is 2. The van der Waals surface area contributed by atoms with Crippen molar-refractivity contribution < 1.29 is 9.59 Å². The number of likely N-dealkylation sites (N-methyl/N-ethyl adjacent to an activating group) is 1. The third kappa shape index (κ3) is 3.30. The summed E-state index contributed by atoms with van der Waals surface area (Å²) in [6.07, 6.45) is 2.65. The number of hydrogen-bond donors (Lipinski definition) is 0. The molecule has 2 amide bonds. The number of rotatable bonds is 4. The number of nitrogens with zero attached hydrogens (tertiary/aromatic N) is 3. The smallest absolute Gasteiger partial charge is 0.255 e. The van der Waals surface area contributed by atoms with Gasteiger partial charge in [0.2, 0.25) is 5.91 Å². The van der Waals surface area contributed by atoms with Crippen molar-refractivity contribution in [2.75, 3.05) is 20.1 Å². The van der Waals surface area contributed by atoms with Gasteiger partial charge in [-0.1, -0.05) is 38.0 Å². The van der Waals surface area contributed by atoms with Crippen LogP contribution in [0.25, 0.3) is 10.9 Å². The summed E-state index contributed by atoms with van der Waals surface area (Å²) in [7, 11) is 1.82. The van der Waals surface area contributed by atoms with Crippen LogP contribution in [0, 0.1) is 13.8 Å². The van der Waals surface area contributed by atoms with Gasteiger partial charge in [0, 0.05) is 31.2 Å². The van der Waals surface area contributed by atoms with Crippen molar-refractivity contribution in [1.82, 2.24) is 14.8 Å². The average molecular weight is 353 g/mol. The van der Waals surface area contributed by atoms with E-state index in [4.69, 9.17) is 0 Å². The molecule has 2 aromatic rings. The predicted octanol–water partition coefficient (Wildman–Crippen LogP) is 3.32. The second-order valence-electron chi connectivity index (χ2n) is 7.20. The van der Waals surface area contributed by atoms with Crippen LogP contribution in [0.4, 0.5) is 0 Å². The molecule has 0 N–H and O–H groups in total. The third-order valence-electron chi connectivity index (χ3n) is 5.21. The number of para-hydroxylation sites is 1. The predicted molar refractivity (Wildman–Crippen MR) is 103 cm³/mol. The standard InChI is InChI=1S/C21H27N3O2/c1-5-6-10-18-21(26)23(4)11-12-24(18)20(25)17-13-15(3)22-19-14(2)8-7-9-16(17)19/h7-9,13,18H,5-6,10-12H2,1-4H3/t18-/m1/s1. The van der Waals surface area contributed by atoms with Crippen LogP contribution in [-0.4, -0.2) is 52.8 Å². The Morgan fingerprint density at radius 1 is 1.27 bits per heavy atom. The van der Waals surface area contributed by atoms with E-state index in [0.29, 0.717) is 25.1 Å². The average Bonchev–Trinajstić information content (AvgIpc) is 2.62. The van der Waals surface area contributed by atoms with Gasteiger partial charge in [-0.2, -0.15) is 0 Å². The van der Waals surface area contributed by atoms with E-state index in [1.54, 1.807) is 9.80 Å². The Labute approximate surface area is 155 Å². The Morgan fingerprint density at radius 3 is 2.77 bits per heavy atom. The molecule has 26 heavy (non-hydrogen) atoms. The molecule has 1 aromatic carbocycles. The van der Waals surface area contributed by atoms with Crippen LogP contribution in [0.2, 0.25) is 0 Å². The second kappa shape index (κ2) is 7.44. The van der Waals surface area contributed by atoms with E-state index >= 15 is 0 Å². The molecule has 1 aliphatic heterocycles. The molecule has 1 fully saturated rings. The van der Waals surface area contributed by atoms with Crippen molar-refractivity contribution >= 4 is 22.7 Å². The highest BCUT2D eigenvalue weighted by Gasteiger charge is 2.36. The molecule has 1 saturated heterocycles. The van der Waals surface area contributed by atoms with Crippen LogP contribution < -0.4 is 0 Å². The lowest BCUT2D eigenvalue weighted by Crippen LogP contribution is -2.57. The van der Waals surface area contributed by atoms with E-state index in [1.165, 1.54) is 0 Å². The van der Waals surface area contributed by atoms with Crippen molar-refractivity contribution in [2.24, 2.45) is 0 Å². The molecule has 0 saturated carbocycles. The van der Waals surface area contributed by atoms with Gasteiger partial charge in [0.25, 0.3) is 5.91 Å². The second-order valence-corrected chi connectivity index (χ2v) is 7.20. The number of benzene rings is 1. The summed E-state index contributed by atoms with van der Waals surface area (Å²) in [4.78, 5) is 34.2. The summed E-state index contributed by atoms with van der Waals surface area (Å²) in [5.74, 6) is -0.0158. The van der Waals surface area contributed by atoms with Gasteiger partial charge in [-0.3, -0.25) is 14.6 Å². The minimum atomic E-state index is -0.366. The molecule has 0 unspecified atom stereocenters.